The molecule has 7 heteroatoms. The third-order valence-electron chi connectivity index (χ3n) is 5.94. The number of ether oxygens (including phenoxy) is 1. The SMILES string of the molecule is CCc1cc(-n2cc(-c3ccc([N+](=O)[O-])cc3)c3ccc(-c4ccc(OC)cc4)cc32)ncn1. The van der Waals surface area contributed by atoms with Crippen LogP contribution in [0.3, 0.4) is 0 Å². The fraction of sp³-hybridized carbons (Fsp3) is 0.111. The number of hydrogen-bond donors (Lipinski definition) is 0. The summed E-state index contributed by atoms with van der Waals surface area (Å²) in [5.41, 5.74) is 6.02. The van der Waals surface area contributed by atoms with E-state index in [1.165, 1.54) is 12.1 Å². The molecule has 0 aliphatic carbocycles. The highest BCUT2D eigenvalue weighted by Gasteiger charge is 2.15. The minimum Gasteiger partial charge on any atom is -0.497 e. The molecule has 0 bridgehead atoms. The quantitative estimate of drug-likeness (QED) is 0.226. The van der Waals surface area contributed by atoms with Crippen LogP contribution in [0.2, 0.25) is 0 Å². The second-order valence-electron chi connectivity index (χ2n) is 7.90. The lowest BCUT2D eigenvalue weighted by atomic mass is 10.0. The number of rotatable bonds is 6. The van der Waals surface area contributed by atoms with Crippen LogP contribution >= 0.6 is 0 Å². The summed E-state index contributed by atoms with van der Waals surface area (Å²) in [5.74, 6) is 1.58. The van der Waals surface area contributed by atoms with E-state index in [2.05, 4.69) is 39.7 Å². The van der Waals surface area contributed by atoms with Crippen LogP contribution < -0.4 is 4.74 Å². The predicted octanol–water partition coefficient (Wildman–Crippen LogP) is 6.23. The monoisotopic (exact) mass is 450 g/mol. The Morgan fingerprint density at radius 1 is 0.912 bits per heavy atom. The zero-order valence-corrected chi connectivity index (χ0v) is 18.8. The highest BCUT2D eigenvalue weighted by atomic mass is 16.6. The zero-order valence-electron chi connectivity index (χ0n) is 18.8. The van der Waals surface area contributed by atoms with Gasteiger partial charge >= 0.3 is 0 Å². The lowest BCUT2D eigenvalue weighted by Gasteiger charge is -2.08. The van der Waals surface area contributed by atoms with E-state index in [4.69, 9.17) is 4.74 Å². The van der Waals surface area contributed by atoms with Crippen molar-refractivity contribution in [2.45, 2.75) is 13.3 Å². The van der Waals surface area contributed by atoms with Crippen LogP contribution in [0.5, 0.6) is 5.75 Å². The van der Waals surface area contributed by atoms with Gasteiger partial charge in [0.1, 0.15) is 17.9 Å². The third kappa shape index (κ3) is 3.88. The minimum atomic E-state index is -0.388. The Bertz CT molecular complexity index is 1490. The van der Waals surface area contributed by atoms with Crippen molar-refractivity contribution in [3.05, 3.63) is 101 Å². The van der Waals surface area contributed by atoms with Crippen molar-refractivity contribution in [2.75, 3.05) is 7.11 Å². The standard InChI is InChI=1S/C27H22N4O3/c1-3-21-15-27(29-17-28-21)30-16-25(19-4-9-22(10-5-19)31(32)33)24-13-8-20(14-26(24)30)18-6-11-23(34-2)12-7-18/h4-17H,3H2,1-2H3. The summed E-state index contributed by atoms with van der Waals surface area (Å²) in [4.78, 5) is 19.6. The van der Waals surface area contributed by atoms with Crippen molar-refractivity contribution in [1.29, 1.82) is 0 Å². The van der Waals surface area contributed by atoms with Crippen LogP contribution in [0.15, 0.2) is 85.3 Å². The lowest BCUT2D eigenvalue weighted by Crippen LogP contribution is -1.99. The molecular weight excluding hydrogens is 428 g/mol. The molecule has 3 aromatic carbocycles. The molecule has 5 aromatic rings. The van der Waals surface area contributed by atoms with Gasteiger partial charge in [0.15, 0.2) is 0 Å². The molecule has 2 heterocycles. The van der Waals surface area contributed by atoms with Crippen LogP contribution in [0.4, 0.5) is 5.69 Å². The number of non-ortho nitro benzene ring substituents is 1. The summed E-state index contributed by atoms with van der Waals surface area (Å²) in [6, 6.07) is 22.9. The van der Waals surface area contributed by atoms with Gasteiger partial charge in [0, 0.05) is 41.0 Å². The Hall–Kier alpha value is -4.52. The zero-order chi connectivity index (χ0) is 23.7. The van der Waals surface area contributed by atoms with Crippen LogP contribution in [0.1, 0.15) is 12.6 Å². The van der Waals surface area contributed by atoms with Gasteiger partial charge in [-0.15, -0.1) is 0 Å². The molecule has 0 fully saturated rings. The summed E-state index contributed by atoms with van der Waals surface area (Å²) in [5, 5.41) is 12.1. The Balaban J connectivity index is 1.70. The van der Waals surface area contributed by atoms with Gasteiger partial charge in [0.2, 0.25) is 0 Å². The molecule has 0 amide bonds. The van der Waals surface area contributed by atoms with Gasteiger partial charge in [0.25, 0.3) is 5.69 Å². The van der Waals surface area contributed by atoms with E-state index < -0.39 is 0 Å². The van der Waals surface area contributed by atoms with Crippen molar-refractivity contribution < 1.29 is 9.66 Å². The fourth-order valence-electron chi connectivity index (χ4n) is 4.08. The number of methoxy groups -OCH3 is 1. The molecule has 0 spiro atoms. The van der Waals surface area contributed by atoms with E-state index >= 15 is 0 Å². The van der Waals surface area contributed by atoms with Crippen molar-refractivity contribution in [3.8, 4) is 33.8 Å². The topological polar surface area (TPSA) is 83.1 Å². The molecule has 7 nitrogen and oxygen atoms in total. The molecule has 2 aromatic heterocycles. The summed E-state index contributed by atoms with van der Waals surface area (Å²) < 4.78 is 7.34. The first-order valence-corrected chi connectivity index (χ1v) is 10.9. The summed E-state index contributed by atoms with van der Waals surface area (Å²) in [7, 11) is 1.65. The van der Waals surface area contributed by atoms with Gasteiger partial charge in [-0.3, -0.25) is 10.1 Å². The molecule has 0 aliphatic heterocycles. The predicted molar refractivity (Wildman–Crippen MR) is 132 cm³/mol. The van der Waals surface area contributed by atoms with Gasteiger partial charge in [-0.2, -0.15) is 0 Å². The normalized spacial score (nSPS) is 11.0. The van der Waals surface area contributed by atoms with Gasteiger partial charge in [0.05, 0.1) is 17.5 Å². The van der Waals surface area contributed by atoms with Crippen LogP contribution in [-0.4, -0.2) is 26.6 Å². The minimum absolute atomic E-state index is 0.0673. The van der Waals surface area contributed by atoms with Crippen LogP contribution in [0, 0.1) is 10.1 Å². The largest absolute Gasteiger partial charge is 0.497 e. The van der Waals surface area contributed by atoms with E-state index in [0.29, 0.717) is 0 Å². The lowest BCUT2D eigenvalue weighted by molar-refractivity contribution is -0.384. The average Bonchev–Trinajstić information content (AvgIpc) is 3.27. The Morgan fingerprint density at radius 2 is 1.62 bits per heavy atom. The Kier molecular flexibility index (Phi) is 5.51. The smallest absolute Gasteiger partial charge is 0.269 e. The van der Waals surface area contributed by atoms with E-state index in [9.17, 15) is 10.1 Å². The molecule has 0 saturated heterocycles. The number of aryl methyl sites for hydroxylation is 1. The molecule has 0 N–H and O–H groups in total. The van der Waals surface area contributed by atoms with Gasteiger partial charge in [-0.1, -0.05) is 31.2 Å². The fourth-order valence-corrected chi connectivity index (χ4v) is 4.08. The molecule has 0 unspecified atom stereocenters. The number of hydrogen-bond acceptors (Lipinski definition) is 5. The maximum atomic E-state index is 11.1. The first kappa shape index (κ1) is 21.3. The average molecular weight is 450 g/mol. The highest BCUT2D eigenvalue weighted by Crippen LogP contribution is 2.36. The maximum absolute atomic E-state index is 11.1. The van der Waals surface area contributed by atoms with Crippen molar-refractivity contribution in [1.82, 2.24) is 14.5 Å². The Morgan fingerprint density at radius 3 is 2.29 bits per heavy atom. The van der Waals surface area contributed by atoms with Crippen molar-refractivity contribution in [3.63, 3.8) is 0 Å². The summed E-state index contributed by atoms with van der Waals surface area (Å²) >= 11 is 0. The van der Waals surface area contributed by atoms with Gasteiger partial charge in [-0.05, 0) is 53.4 Å². The van der Waals surface area contributed by atoms with E-state index in [1.54, 1.807) is 25.6 Å². The second-order valence-corrected chi connectivity index (χ2v) is 7.90. The molecule has 5 rings (SSSR count). The number of benzene rings is 3. The second kappa shape index (κ2) is 8.78. The van der Waals surface area contributed by atoms with E-state index in [-0.39, 0.29) is 10.6 Å². The first-order chi connectivity index (χ1) is 16.6. The summed E-state index contributed by atoms with van der Waals surface area (Å²) in [6.07, 6.45) is 4.42. The maximum Gasteiger partial charge on any atom is 0.269 e. The number of aromatic nitrogens is 3. The molecule has 0 atom stereocenters. The molecule has 34 heavy (non-hydrogen) atoms. The van der Waals surface area contributed by atoms with Crippen LogP contribution in [0.25, 0.3) is 39.0 Å². The van der Waals surface area contributed by atoms with E-state index in [0.717, 1.165) is 56.8 Å². The molecule has 0 radical (unpaired) electrons. The van der Waals surface area contributed by atoms with Crippen LogP contribution in [-0.2, 0) is 6.42 Å². The number of fused-ring (bicyclic) bond motifs is 1. The van der Waals surface area contributed by atoms with E-state index in [1.807, 2.05) is 36.5 Å². The third-order valence-corrected chi connectivity index (χ3v) is 5.94. The number of nitro groups is 1. The molecule has 0 aliphatic rings. The Labute approximate surface area is 196 Å². The van der Waals surface area contributed by atoms with Gasteiger partial charge in [-0.25, -0.2) is 9.97 Å². The number of nitrogens with zero attached hydrogens (tertiary/aromatic N) is 4. The first-order valence-electron chi connectivity index (χ1n) is 10.9. The number of nitro benzene ring substituents is 1. The summed E-state index contributed by atoms with van der Waals surface area (Å²) in [6.45, 7) is 2.06. The molecular formula is C27H22N4O3. The molecule has 168 valence electrons. The van der Waals surface area contributed by atoms with Crippen molar-refractivity contribution in [2.24, 2.45) is 0 Å². The van der Waals surface area contributed by atoms with Crippen molar-refractivity contribution >= 4 is 16.6 Å². The van der Waals surface area contributed by atoms with Gasteiger partial charge < -0.3 is 9.30 Å². The highest BCUT2D eigenvalue weighted by molar-refractivity contribution is 5.99. The molecule has 0 saturated carbocycles.